The van der Waals surface area contributed by atoms with E-state index in [0.29, 0.717) is 16.7 Å². The third kappa shape index (κ3) is 4.39. The standard InChI is InChI=1S/C26H21F3N4O4/c1-16(34)33(37-23(36)26(27,28)29)20-15-9-14-19(17-10-5-3-6-11-17)21(20)25(18-12-7-4-8-13-18)22(35)32(2)24(30)31-25/h3-15H,1-2H3,(H2,30,31). The molecular weight excluding hydrogens is 489 g/mol. The molecule has 0 saturated heterocycles. The van der Waals surface area contributed by atoms with Gasteiger partial charge in [-0.15, -0.1) is 5.06 Å². The lowest BCUT2D eigenvalue weighted by atomic mass is 9.78. The van der Waals surface area contributed by atoms with Gasteiger partial charge < -0.3 is 10.6 Å². The summed E-state index contributed by atoms with van der Waals surface area (Å²) in [6.45, 7) is 0.929. The smallest absolute Gasteiger partial charge is 0.369 e. The second-order valence-corrected chi connectivity index (χ2v) is 8.17. The first-order valence-corrected chi connectivity index (χ1v) is 11.0. The maximum atomic E-state index is 13.9. The third-order valence-corrected chi connectivity index (χ3v) is 5.83. The van der Waals surface area contributed by atoms with Gasteiger partial charge in [0.25, 0.3) is 11.8 Å². The fourth-order valence-electron chi connectivity index (χ4n) is 4.18. The highest BCUT2D eigenvalue weighted by molar-refractivity contribution is 6.11. The van der Waals surface area contributed by atoms with Gasteiger partial charge in [0.2, 0.25) is 0 Å². The number of carbonyl (C=O) groups excluding carboxylic acids is 3. The number of nitrogens with two attached hydrogens (primary N) is 1. The number of likely N-dealkylation sites (N-methyl/N-ethyl adjacent to an activating group) is 1. The summed E-state index contributed by atoms with van der Waals surface area (Å²) in [4.78, 5) is 48.4. The number of benzene rings is 3. The van der Waals surface area contributed by atoms with E-state index in [9.17, 15) is 27.6 Å². The van der Waals surface area contributed by atoms with Crippen molar-refractivity contribution in [2.75, 3.05) is 12.1 Å². The van der Waals surface area contributed by atoms with Crippen molar-refractivity contribution in [3.63, 3.8) is 0 Å². The lowest BCUT2D eigenvalue weighted by Crippen LogP contribution is -2.43. The zero-order chi connectivity index (χ0) is 27.0. The van der Waals surface area contributed by atoms with Gasteiger partial charge in [-0.3, -0.25) is 14.5 Å². The molecule has 0 saturated carbocycles. The minimum absolute atomic E-state index is 0.00914. The minimum Gasteiger partial charge on any atom is -0.369 e. The molecule has 0 bridgehead atoms. The Morgan fingerprint density at radius 2 is 1.57 bits per heavy atom. The summed E-state index contributed by atoms with van der Waals surface area (Å²) in [5.74, 6) is -4.41. The van der Waals surface area contributed by atoms with Crippen LogP contribution in [0.2, 0.25) is 0 Å². The number of hydroxylamine groups is 1. The number of anilines is 1. The second-order valence-electron chi connectivity index (χ2n) is 8.17. The van der Waals surface area contributed by atoms with Crippen LogP contribution in [0.4, 0.5) is 18.9 Å². The molecule has 0 spiro atoms. The van der Waals surface area contributed by atoms with Crippen LogP contribution in [-0.2, 0) is 24.8 Å². The van der Waals surface area contributed by atoms with Gasteiger partial charge in [-0.25, -0.2) is 9.79 Å². The number of amides is 2. The van der Waals surface area contributed by atoms with Crippen molar-refractivity contribution in [3.8, 4) is 11.1 Å². The van der Waals surface area contributed by atoms with Crippen LogP contribution < -0.4 is 10.8 Å². The molecule has 190 valence electrons. The van der Waals surface area contributed by atoms with Gasteiger partial charge in [0.1, 0.15) is 0 Å². The molecule has 2 amide bonds. The van der Waals surface area contributed by atoms with Crippen molar-refractivity contribution >= 4 is 29.4 Å². The Morgan fingerprint density at radius 3 is 2.08 bits per heavy atom. The lowest BCUT2D eigenvalue weighted by molar-refractivity contribution is -0.201. The number of nitrogens with zero attached hydrogens (tertiary/aromatic N) is 3. The maximum Gasteiger partial charge on any atom is 0.493 e. The maximum absolute atomic E-state index is 13.9. The number of guanidine groups is 1. The van der Waals surface area contributed by atoms with Crippen LogP contribution >= 0.6 is 0 Å². The number of halogens is 3. The average Bonchev–Trinajstić information content (AvgIpc) is 3.11. The molecule has 1 aliphatic heterocycles. The van der Waals surface area contributed by atoms with E-state index < -0.39 is 29.5 Å². The van der Waals surface area contributed by atoms with Gasteiger partial charge in [-0.2, -0.15) is 13.2 Å². The van der Waals surface area contributed by atoms with E-state index in [1.165, 1.54) is 19.2 Å². The molecule has 0 aromatic heterocycles. The highest BCUT2D eigenvalue weighted by atomic mass is 19.4. The molecule has 0 radical (unpaired) electrons. The van der Waals surface area contributed by atoms with Crippen LogP contribution in [0.3, 0.4) is 0 Å². The normalized spacial score (nSPS) is 17.4. The van der Waals surface area contributed by atoms with Crippen LogP contribution in [0, 0.1) is 0 Å². The predicted octanol–water partition coefficient (Wildman–Crippen LogP) is 3.76. The molecule has 1 unspecified atom stereocenters. The Morgan fingerprint density at radius 1 is 0.973 bits per heavy atom. The number of carbonyl (C=O) groups is 3. The summed E-state index contributed by atoms with van der Waals surface area (Å²) in [5, 5.41) is 0.222. The highest BCUT2D eigenvalue weighted by Gasteiger charge is 2.53. The fourth-order valence-corrected chi connectivity index (χ4v) is 4.18. The Kier molecular flexibility index (Phi) is 6.47. The quantitative estimate of drug-likeness (QED) is 0.539. The van der Waals surface area contributed by atoms with Gasteiger partial charge in [0.05, 0.1) is 5.69 Å². The average molecular weight is 510 g/mol. The number of hydrogen-bond acceptors (Lipinski definition) is 6. The van der Waals surface area contributed by atoms with E-state index in [1.54, 1.807) is 66.7 Å². The monoisotopic (exact) mass is 510 g/mol. The first kappa shape index (κ1) is 25.4. The van der Waals surface area contributed by atoms with Gasteiger partial charge >= 0.3 is 12.1 Å². The molecular formula is C26H21F3N4O4. The topological polar surface area (TPSA) is 105 Å². The third-order valence-electron chi connectivity index (χ3n) is 5.83. The SMILES string of the molecule is CC(=O)N(OC(=O)C(F)(F)F)c1cccc(-c2ccccc2)c1C1(c2ccccc2)N=C(N)N(C)C1=O. The Hall–Kier alpha value is -4.67. The summed E-state index contributed by atoms with van der Waals surface area (Å²) in [7, 11) is 1.41. The molecule has 3 aromatic carbocycles. The predicted molar refractivity (Wildman–Crippen MR) is 129 cm³/mol. The molecule has 11 heteroatoms. The van der Waals surface area contributed by atoms with Crippen LogP contribution in [0.15, 0.2) is 83.9 Å². The van der Waals surface area contributed by atoms with Gasteiger partial charge in [-0.05, 0) is 22.8 Å². The Bertz CT molecular complexity index is 1390. The summed E-state index contributed by atoms with van der Waals surface area (Å²) in [6, 6.07) is 21.3. The number of alkyl halides is 3. The molecule has 4 rings (SSSR count). The molecule has 0 fully saturated rings. The van der Waals surface area contributed by atoms with Crippen molar-refractivity contribution in [2.24, 2.45) is 10.7 Å². The van der Waals surface area contributed by atoms with Crippen molar-refractivity contribution in [2.45, 2.75) is 18.6 Å². The molecule has 1 aliphatic rings. The molecule has 1 heterocycles. The van der Waals surface area contributed by atoms with E-state index in [-0.39, 0.29) is 22.3 Å². The van der Waals surface area contributed by atoms with Crippen LogP contribution in [0.1, 0.15) is 18.1 Å². The van der Waals surface area contributed by atoms with E-state index in [1.807, 2.05) is 0 Å². The van der Waals surface area contributed by atoms with Gasteiger partial charge in [-0.1, -0.05) is 72.8 Å². The Labute approximate surface area is 209 Å². The zero-order valence-corrected chi connectivity index (χ0v) is 19.7. The van der Waals surface area contributed by atoms with Crippen molar-refractivity contribution in [1.82, 2.24) is 4.90 Å². The van der Waals surface area contributed by atoms with Gasteiger partial charge in [0.15, 0.2) is 11.5 Å². The summed E-state index contributed by atoms with van der Waals surface area (Å²) >= 11 is 0. The van der Waals surface area contributed by atoms with Crippen molar-refractivity contribution in [1.29, 1.82) is 0 Å². The summed E-state index contributed by atoms with van der Waals surface area (Å²) in [6.07, 6.45) is -5.38. The van der Waals surface area contributed by atoms with E-state index in [4.69, 9.17) is 5.73 Å². The lowest BCUT2D eigenvalue weighted by Gasteiger charge is -2.33. The van der Waals surface area contributed by atoms with Crippen LogP contribution in [0.5, 0.6) is 0 Å². The van der Waals surface area contributed by atoms with Crippen LogP contribution in [0.25, 0.3) is 11.1 Å². The second kappa shape index (κ2) is 9.41. The molecule has 3 aromatic rings. The van der Waals surface area contributed by atoms with Crippen LogP contribution in [-0.4, -0.2) is 41.9 Å². The minimum atomic E-state index is -5.38. The summed E-state index contributed by atoms with van der Waals surface area (Å²) < 4.78 is 39.4. The fraction of sp³-hybridized carbons (Fsp3) is 0.154. The van der Waals surface area contributed by atoms with E-state index in [2.05, 4.69) is 9.83 Å². The number of hydrogen-bond donors (Lipinski definition) is 1. The van der Waals surface area contributed by atoms with Gasteiger partial charge in [0, 0.05) is 19.5 Å². The van der Waals surface area contributed by atoms with Crippen molar-refractivity contribution in [3.05, 3.63) is 90.0 Å². The zero-order valence-electron chi connectivity index (χ0n) is 19.7. The van der Waals surface area contributed by atoms with Crippen molar-refractivity contribution < 1.29 is 32.4 Å². The molecule has 8 nitrogen and oxygen atoms in total. The Balaban J connectivity index is 2.12. The first-order valence-electron chi connectivity index (χ1n) is 11.0. The highest BCUT2D eigenvalue weighted by Crippen LogP contribution is 2.48. The molecule has 37 heavy (non-hydrogen) atoms. The summed E-state index contributed by atoms with van der Waals surface area (Å²) in [5.41, 5.74) is 5.14. The van der Waals surface area contributed by atoms with E-state index >= 15 is 0 Å². The number of rotatable bonds is 4. The largest absolute Gasteiger partial charge is 0.493 e. The van der Waals surface area contributed by atoms with E-state index in [0.717, 1.165) is 11.8 Å². The molecule has 0 aliphatic carbocycles. The molecule has 2 N–H and O–H groups in total. The first-order chi connectivity index (χ1) is 17.5. The number of aliphatic imine (C=N–C) groups is 1. The molecule has 1 atom stereocenters.